The molecule has 2 amide bonds. The monoisotopic (exact) mass is 567 g/mol. The van der Waals surface area contributed by atoms with Gasteiger partial charge in [0.05, 0.1) is 11.3 Å². The number of pyridine rings is 1. The fraction of sp³-hybridized carbons (Fsp3) is 0.367. The minimum absolute atomic E-state index is 0.0731. The van der Waals surface area contributed by atoms with E-state index in [2.05, 4.69) is 22.2 Å². The van der Waals surface area contributed by atoms with Crippen molar-refractivity contribution in [2.24, 2.45) is 22.6 Å². The van der Waals surface area contributed by atoms with E-state index in [1.54, 1.807) is 17.0 Å². The maximum absolute atomic E-state index is 15.8. The molecule has 0 spiro atoms. The Morgan fingerprint density at radius 3 is 2.37 bits per heavy atom. The molecule has 1 aromatic heterocycles. The van der Waals surface area contributed by atoms with Crippen LogP contribution in [0.5, 0.6) is 0 Å². The first kappa shape index (κ1) is 32.8. The number of halogens is 2. The molecule has 0 radical (unpaired) electrons. The zero-order valence-corrected chi connectivity index (χ0v) is 24.2. The third-order valence-corrected chi connectivity index (χ3v) is 6.36. The number of nitrogens with zero attached hydrogens (tertiary/aromatic N) is 3. The molecule has 0 saturated carbocycles. The molecule has 220 valence electrons. The van der Waals surface area contributed by atoms with Gasteiger partial charge in [0, 0.05) is 30.4 Å². The molecule has 41 heavy (non-hydrogen) atoms. The lowest BCUT2D eigenvalue weighted by Crippen LogP contribution is -2.45. The van der Waals surface area contributed by atoms with Crippen molar-refractivity contribution in [3.63, 3.8) is 0 Å². The van der Waals surface area contributed by atoms with Crippen molar-refractivity contribution in [3.05, 3.63) is 71.6 Å². The van der Waals surface area contributed by atoms with Gasteiger partial charge in [0.1, 0.15) is 34.7 Å². The fourth-order valence-electron chi connectivity index (χ4n) is 3.97. The number of benzene rings is 1. The van der Waals surface area contributed by atoms with Gasteiger partial charge < -0.3 is 26.7 Å². The van der Waals surface area contributed by atoms with E-state index in [1.165, 1.54) is 18.2 Å². The van der Waals surface area contributed by atoms with Crippen LogP contribution in [0.1, 0.15) is 46.6 Å². The number of nitrogens with two attached hydrogens (primary N) is 1. The topological polar surface area (TPSA) is 137 Å². The largest absolute Gasteiger partial charge is 0.400 e. The van der Waals surface area contributed by atoms with Crippen molar-refractivity contribution in [2.75, 3.05) is 18.4 Å². The van der Waals surface area contributed by atoms with E-state index in [0.29, 0.717) is 31.5 Å². The van der Waals surface area contributed by atoms with Crippen LogP contribution < -0.4 is 16.4 Å². The fourth-order valence-corrected chi connectivity index (χ4v) is 3.97. The first-order valence-corrected chi connectivity index (χ1v) is 13.4. The highest BCUT2D eigenvalue weighted by Crippen LogP contribution is 2.30. The second-order valence-electron chi connectivity index (χ2n) is 10.1. The SMILES string of the molecule is C=CCCN(C(=N/C(C(=N)C(C)C)=C(/N)C(C)C)c1cc(F)c(-c2ccccc2F)nc1NC=O)C(C)CNC=O. The molecular formula is C30H39F2N7O2. The van der Waals surface area contributed by atoms with E-state index < -0.39 is 11.6 Å². The number of nitrogens with one attached hydrogen (secondary N) is 3. The molecule has 0 aliphatic carbocycles. The molecular weight excluding hydrogens is 528 g/mol. The Labute approximate surface area is 240 Å². The van der Waals surface area contributed by atoms with Crippen LogP contribution in [0.4, 0.5) is 14.6 Å². The minimum Gasteiger partial charge on any atom is -0.400 e. The lowest BCUT2D eigenvalue weighted by molar-refractivity contribution is -0.109. The number of aliphatic imine (C=N–C) groups is 1. The maximum atomic E-state index is 15.8. The molecule has 11 heteroatoms. The third-order valence-electron chi connectivity index (χ3n) is 6.36. The quantitative estimate of drug-likeness (QED) is 0.106. The average Bonchev–Trinajstić information content (AvgIpc) is 2.94. The highest BCUT2D eigenvalue weighted by molar-refractivity contribution is 6.09. The normalized spacial score (nSPS) is 13.0. The average molecular weight is 568 g/mol. The Bertz CT molecular complexity index is 1320. The Morgan fingerprint density at radius 2 is 1.80 bits per heavy atom. The van der Waals surface area contributed by atoms with Crippen molar-refractivity contribution in [1.82, 2.24) is 15.2 Å². The molecule has 1 unspecified atom stereocenters. The van der Waals surface area contributed by atoms with E-state index in [0.717, 1.165) is 6.07 Å². The smallest absolute Gasteiger partial charge is 0.212 e. The van der Waals surface area contributed by atoms with Crippen LogP contribution in [-0.4, -0.2) is 53.4 Å². The molecule has 9 nitrogen and oxygen atoms in total. The number of carbonyl (C=O) groups excluding carboxylic acids is 2. The van der Waals surface area contributed by atoms with E-state index in [9.17, 15) is 14.0 Å². The molecule has 0 aliphatic heterocycles. The first-order valence-electron chi connectivity index (χ1n) is 13.4. The second kappa shape index (κ2) is 15.4. The van der Waals surface area contributed by atoms with Crippen LogP contribution in [-0.2, 0) is 9.59 Å². The van der Waals surface area contributed by atoms with Crippen molar-refractivity contribution in [1.29, 1.82) is 5.41 Å². The predicted molar refractivity (Wildman–Crippen MR) is 159 cm³/mol. The summed E-state index contributed by atoms with van der Waals surface area (Å²) in [5.74, 6) is -1.86. The molecule has 0 saturated heterocycles. The molecule has 0 fully saturated rings. The van der Waals surface area contributed by atoms with Crippen molar-refractivity contribution >= 4 is 30.2 Å². The van der Waals surface area contributed by atoms with Gasteiger partial charge in [-0.05, 0) is 43.4 Å². The molecule has 1 atom stereocenters. The summed E-state index contributed by atoms with van der Waals surface area (Å²) in [6.07, 6.45) is 3.14. The number of amides is 2. The summed E-state index contributed by atoms with van der Waals surface area (Å²) in [7, 11) is 0. The lowest BCUT2D eigenvalue weighted by Gasteiger charge is -2.33. The number of hydrogen-bond donors (Lipinski definition) is 4. The molecule has 0 bridgehead atoms. The van der Waals surface area contributed by atoms with E-state index in [4.69, 9.17) is 16.1 Å². The lowest BCUT2D eigenvalue weighted by atomic mass is 9.99. The van der Waals surface area contributed by atoms with Gasteiger partial charge in [-0.1, -0.05) is 45.9 Å². The van der Waals surface area contributed by atoms with E-state index in [1.807, 2.05) is 34.6 Å². The van der Waals surface area contributed by atoms with Crippen LogP contribution in [0.15, 0.2) is 59.4 Å². The van der Waals surface area contributed by atoms with Crippen molar-refractivity contribution in [2.45, 2.75) is 47.1 Å². The van der Waals surface area contributed by atoms with Crippen LogP contribution in [0.25, 0.3) is 11.3 Å². The van der Waals surface area contributed by atoms with E-state index in [-0.39, 0.29) is 64.3 Å². The standard InChI is InChI=1S/C30H39F2N7O2/c1-7-8-13-39(20(6)15-35-16-40)30(38-28(25(33)18(2)3)26(34)19(4)5)22-14-24(32)27(37-29(22)36-17-41)21-11-9-10-12-23(21)31/h7,9-12,14,16-20,33H,1,8,13,15,34H2,2-6H3,(H,35,40)(H,36,37,41)/b28-26+,33-25?,38-30?. The van der Waals surface area contributed by atoms with Crippen molar-refractivity contribution < 1.29 is 18.4 Å². The van der Waals surface area contributed by atoms with Gasteiger partial charge in [-0.15, -0.1) is 6.58 Å². The highest BCUT2D eigenvalue weighted by Gasteiger charge is 2.27. The van der Waals surface area contributed by atoms with Gasteiger partial charge in [-0.25, -0.2) is 18.8 Å². The first-order chi connectivity index (χ1) is 19.5. The van der Waals surface area contributed by atoms with Gasteiger partial charge in [-0.3, -0.25) is 9.59 Å². The second-order valence-corrected chi connectivity index (χ2v) is 10.1. The number of allylic oxidation sites excluding steroid dienone is 2. The summed E-state index contributed by atoms with van der Waals surface area (Å²) < 4.78 is 30.4. The summed E-state index contributed by atoms with van der Waals surface area (Å²) in [5.41, 5.74) is 6.89. The summed E-state index contributed by atoms with van der Waals surface area (Å²) in [6, 6.07) is 6.34. The number of anilines is 1. The molecule has 1 aromatic carbocycles. The third kappa shape index (κ3) is 8.29. The van der Waals surface area contributed by atoms with Gasteiger partial charge in [0.15, 0.2) is 0 Å². The number of carbonyl (C=O) groups is 2. The number of amidine groups is 1. The van der Waals surface area contributed by atoms with E-state index >= 15 is 4.39 Å². The minimum atomic E-state index is -0.849. The Morgan fingerprint density at radius 1 is 1.12 bits per heavy atom. The van der Waals surface area contributed by atoms with Gasteiger partial charge in [-0.2, -0.15) is 0 Å². The number of aromatic nitrogens is 1. The van der Waals surface area contributed by atoms with Crippen LogP contribution in [0.3, 0.4) is 0 Å². The summed E-state index contributed by atoms with van der Waals surface area (Å²) in [5, 5.41) is 13.9. The summed E-state index contributed by atoms with van der Waals surface area (Å²) >= 11 is 0. The van der Waals surface area contributed by atoms with Crippen LogP contribution >= 0.6 is 0 Å². The molecule has 0 aliphatic rings. The van der Waals surface area contributed by atoms with Gasteiger partial charge in [0.25, 0.3) is 0 Å². The molecule has 1 heterocycles. The summed E-state index contributed by atoms with van der Waals surface area (Å²) in [4.78, 5) is 33.8. The highest BCUT2D eigenvalue weighted by atomic mass is 19.1. The zero-order chi connectivity index (χ0) is 30.7. The Hall–Kier alpha value is -4.41. The van der Waals surface area contributed by atoms with Crippen LogP contribution in [0.2, 0.25) is 0 Å². The van der Waals surface area contributed by atoms with Gasteiger partial charge >= 0.3 is 0 Å². The number of hydrogen-bond acceptors (Lipinski definition) is 6. The van der Waals surface area contributed by atoms with Crippen molar-refractivity contribution in [3.8, 4) is 11.3 Å². The number of rotatable bonds is 15. The predicted octanol–water partition coefficient (Wildman–Crippen LogP) is 4.86. The maximum Gasteiger partial charge on any atom is 0.212 e. The molecule has 2 aromatic rings. The molecule has 5 N–H and O–H groups in total. The zero-order valence-electron chi connectivity index (χ0n) is 24.2. The molecule has 2 rings (SSSR count). The van der Waals surface area contributed by atoms with Gasteiger partial charge in [0.2, 0.25) is 12.8 Å². The Balaban J connectivity index is 3.02. The summed E-state index contributed by atoms with van der Waals surface area (Å²) in [6.45, 7) is 13.6. The van der Waals surface area contributed by atoms with Crippen LogP contribution in [0, 0.1) is 28.9 Å². The Kier molecular flexibility index (Phi) is 12.3.